The first kappa shape index (κ1) is 17.5. The molecule has 0 saturated carbocycles. The van der Waals surface area contributed by atoms with Crippen LogP contribution in [0.5, 0.6) is 0 Å². The molecule has 5 heterocycles. The van der Waals surface area contributed by atoms with Crippen LogP contribution in [0.3, 0.4) is 0 Å². The van der Waals surface area contributed by atoms with E-state index in [4.69, 9.17) is 0 Å². The van der Waals surface area contributed by atoms with E-state index in [0.29, 0.717) is 40.0 Å². The number of rotatable bonds is 4. The Hall–Kier alpha value is -4.60. The van der Waals surface area contributed by atoms with Crippen molar-refractivity contribution in [2.24, 2.45) is 5.10 Å². The van der Waals surface area contributed by atoms with Gasteiger partial charge in [0, 0.05) is 37.2 Å². The van der Waals surface area contributed by atoms with Gasteiger partial charge < -0.3 is 0 Å². The van der Waals surface area contributed by atoms with Gasteiger partial charge in [0.25, 0.3) is 0 Å². The second-order valence-electron chi connectivity index (χ2n) is 6.08. The molecule has 0 aliphatic carbocycles. The maximum atomic E-state index is 4.56. The predicted octanol–water partition coefficient (Wildman–Crippen LogP) is 1.75. The summed E-state index contributed by atoms with van der Waals surface area (Å²) < 4.78 is 0. The molecule has 0 bridgehead atoms. The molecular weight excluding hydrogens is 380 g/mol. The summed E-state index contributed by atoms with van der Waals surface area (Å²) in [6, 6.07) is 11.0. The Balaban J connectivity index is 1.81. The molecule has 10 heteroatoms. The van der Waals surface area contributed by atoms with E-state index in [0.717, 1.165) is 0 Å². The van der Waals surface area contributed by atoms with Crippen LogP contribution in [0.25, 0.3) is 11.3 Å². The Morgan fingerprint density at radius 3 is 2.37 bits per heavy atom. The van der Waals surface area contributed by atoms with Gasteiger partial charge in [0.1, 0.15) is 22.8 Å². The standard InChI is InChI=1S/C20H14N10/c1-2-7-23-16(6-1)30-19(14-5-3-10-26-27-14)17(20-24-8-4-9-25-20)18(28-29-30)15-13-21-11-12-22-15/h1-13,29H. The highest BCUT2D eigenvalue weighted by Gasteiger charge is 2.31. The van der Waals surface area contributed by atoms with Crippen LogP contribution in [0.15, 0.2) is 84.9 Å². The third-order valence-electron chi connectivity index (χ3n) is 4.25. The van der Waals surface area contributed by atoms with Crippen molar-refractivity contribution in [1.82, 2.24) is 40.7 Å². The third kappa shape index (κ3) is 3.22. The summed E-state index contributed by atoms with van der Waals surface area (Å²) in [5, 5.41) is 14.6. The molecule has 1 aliphatic rings. The minimum absolute atomic E-state index is 0.463. The normalized spacial score (nSPS) is 13.6. The van der Waals surface area contributed by atoms with Gasteiger partial charge in [-0.2, -0.15) is 10.2 Å². The summed E-state index contributed by atoms with van der Waals surface area (Å²) in [7, 11) is 0. The van der Waals surface area contributed by atoms with Gasteiger partial charge in [-0.05, 0) is 30.3 Å². The average molecular weight is 394 g/mol. The van der Waals surface area contributed by atoms with Gasteiger partial charge in [-0.15, -0.1) is 5.10 Å². The van der Waals surface area contributed by atoms with Gasteiger partial charge in [0.15, 0.2) is 11.6 Å². The Kier molecular flexibility index (Phi) is 4.55. The fourth-order valence-corrected chi connectivity index (χ4v) is 3.00. The van der Waals surface area contributed by atoms with E-state index in [1.807, 2.05) is 30.3 Å². The molecule has 1 aliphatic heterocycles. The molecule has 0 saturated heterocycles. The van der Waals surface area contributed by atoms with Crippen LogP contribution in [0.4, 0.5) is 5.82 Å². The number of anilines is 1. The highest BCUT2D eigenvalue weighted by molar-refractivity contribution is 6.36. The van der Waals surface area contributed by atoms with Crippen molar-refractivity contribution in [3.63, 3.8) is 0 Å². The lowest BCUT2D eigenvalue weighted by atomic mass is 10.0. The predicted molar refractivity (Wildman–Crippen MR) is 109 cm³/mol. The lowest BCUT2D eigenvalue weighted by Crippen LogP contribution is -2.40. The van der Waals surface area contributed by atoms with Gasteiger partial charge in [-0.25, -0.2) is 25.5 Å². The maximum absolute atomic E-state index is 4.56. The van der Waals surface area contributed by atoms with E-state index in [9.17, 15) is 0 Å². The summed E-state index contributed by atoms with van der Waals surface area (Å²) in [5.74, 6) is 1.08. The number of pyridine rings is 1. The van der Waals surface area contributed by atoms with Crippen molar-refractivity contribution < 1.29 is 0 Å². The minimum Gasteiger partial charge on any atom is -0.261 e. The number of hydrogen-bond acceptors (Lipinski definition) is 10. The van der Waals surface area contributed by atoms with Crippen LogP contribution < -0.4 is 10.5 Å². The zero-order valence-electron chi connectivity index (χ0n) is 15.5. The second kappa shape index (κ2) is 7.80. The summed E-state index contributed by atoms with van der Waals surface area (Å²) in [4.78, 5) is 22.0. The Morgan fingerprint density at radius 2 is 1.63 bits per heavy atom. The van der Waals surface area contributed by atoms with Crippen LogP contribution in [0.2, 0.25) is 0 Å². The number of hydrazone groups is 1. The lowest BCUT2D eigenvalue weighted by Gasteiger charge is -2.31. The number of aromatic nitrogens is 7. The van der Waals surface area contributed by atoms with E-state index in [2.05, 4.69) is 45.8 Å². The molecule has 0 aromatic carbocycles. The molecule has 0 radical (unpaired) electrons. The Labute approximate surface area is 171 Å². The summed E-state index contributed by atoms with van der Waals surface area (Å²) >= 11 is 0. The Morgan fingerprint density at radius 1 is 0.733 bits per heavy atom. The second-order valence-corrected chi connectivity index (χ2v) is 6.08. The molecule has 0 unspecified atom stereocenters. The molecule has 30 heavy (non-hydrogen) atoms. The van der Waals surface area contributed by atoms with Crippen LogP contribution in [0, 0.1) is 0 Å². The van der Waals surface area contributed by atoms with Gasteiger partial charge in [0.05, 0.1) is 11.8 Å². The highest BCUT2D eigenvalue weighted by Crippen LogP contribution is 2.33. The molecule has 0 amide bonds. The zero-order valence-corrected chi connectivity index (χ0v) is 15.5. The lowest BCUT2D eigenvalue weighted by molar-refractivity contribution is 0.743. The van der Waals surface area contributed by atoms with Crippen LogP contribution in [-0.2, 0) is 0 Å². The van der Waals surface area contributed by atoms with Crippen LogP contribution in [-0.4, -0.2) is 40.8 Å². The molecule has 10 nitrogen and oxygen atoms in total. The van der Waals surface area contributed by atoms with Crippen molar-refractivity contribution in [2.45, 2.75) is 0 Å². The Bertz CT molecular complexity index is 1200. The molecule has 4 aromatic rings. The fourth-order valence-electron chi connectivity index (χ4n) is 3.00. The molecular formula is C20H14N10. The molecule has 5 rings (SSSR count). The van der Waals surface area contributed by atoms with E-state index in [1.54, 1.807) is 54.5 Å². The van der Waals surface area contributed by atoms with Gasteiger partial charge in [-0.3, -0.25) is 9.97 Å². The number of hydrazine groups is 1. The van der Waals surface area contributed by atoms with Crippen molar-refractivity contribution in [3.8, 4) is 0 Å². The summed E-state index contributed by atoms with van der Waals surface area (Å²) in [5.41, 5.74) is 6.00. The molecule has 0 atom stereocenters. The number of nitrogens with one attached hydrogen (secondary N) is 1. The smallest absolute Gasteiger partial charge is 0.163 e. The molecule has 144 valence electrons. The van der Waals surface area contributed by atoms with Crippen molar-refractivity contribution >= 4 is 22.8 Å². The molecule has 4 aromatic heterocycles. The first-order valence-electron chi connectivity index (χ1n) is 9.03. The largest absolute Gasteiger partial charge is 0.261 e. The molecule has 0 fully saturated rings. The van der Waals surface area contributed by atoms with E-state index in [-0.39, 0.29) is 0 Å². The van der Waals surface area contributed by atoms with Crippen molar-refractivity contribution in [3.05, 3.63) is 97.0 Å². The van der Waals surface area contributed by atoms with Gasteiger partial charge in [-0.1, -0.05) is 6.07 Å². The highest BCUT2D eigenvalue weighted by atomic mass is 15.7. The quantitative estimate of drug-likeness (QED) is 0.552. The van der Waals surface area contributed by atoms with Crippen molar-refractivity contribution in [2.75, 3.05) is 5.01 Å². The topological polar surface area (TPSA) is 118 Å². The average Bonchev–Trinajstić information content (AvgIpc) is 2.85. The van der Waals surface area contributed by atoms with E-state index >= 15 is 0 Å². The number of hydrogen-bond donors (Lipinski definition) is 1. The van der Waals surface area contributed by atoms with E-state index in [1.165, 1.54) is 0 Å². The maximum Gasteiger partial charge on any atom is 0.163 e. The summed E-state index contributed by atoms with van der Waals surface area (Å²) in [6.07, 6.45) is 11.5. The first-order valence-corrected chi connectivity index (χ1v) is 9.03. The zero-order chi connectivity index (χ0) is 20.2. The number of nitrogens with zero attached hydrogens (tertiary/aromatic N) is 9. The molecule has 1 N–H and O–H groups in total. The van der Waals surface area contributed by atoms with Crippen LogP contribution in [0.1, 0.15) is 17.2 Å². The van der Waals surface area contributed by atoms with Gasteiger partial charge >= 0.3 is 0 Å². The fraction of sp³-hybridized carbons (Fsp3) is 0. The third-order valence-corrected chi connectivity index (χ3v) is 4.25. The van der Waals surface area contributed by atoms with Gasteiger partial charge in [0.2, 0.25) is 0 Å². The van der Waals surface area contributed by atoms with E-state index < -0.39 is 0 Å². The summed E-state index contributed by atoms with van der Waals surface area (Å²) in [6.45, 7) is 0. The first-order chi connectivity index (χ1) is 14.9. The molecule has 0 spiro atoms. The SMILES string of the molecule is c1ccc(N2NN=C(c3cnccn3)C(c3ncccn3)=C2c2cccnn2)nc1. The minimum atomic E-state index is 0.463. The van der Waals surface area contributed by atoms with Crippen molar-refractivity contribution in [1.29, 1.82) is 0 Å². The number of allylic oxidation sites excluding steroid dienone is 1. The van der Waals surface area contributed by atoms with Crippen LogP contribution >= 0.6 is 0 Å². The monoisotopic (exact) mass is 394 g/mol.